The van der Waals surface area contributed by atoms with Gasteiger partial charge in [0.05, 0.1) is 40.6 Å². The van der Waals surface area contributed by atoms with Crippen LogP contribution in [0.15, 0.2) is 54.6 Å². The molecule has 0 saturated heterocycles. The van der Waals surface area contributed by atoms with Gasteiger partial charge in [-0.15, -0.1) is 11.6 Å². The van der Waals surface area contributed by atoms with Gasteiger partial charge in [-0.3, -0.25) is 34.5 Å². The van der Waals surface area contributed by atoms with E-state index < -0.39 is 72.9 Å². The molecule has 0 unspecified atom stereocenters. The molecule has 0 saturated carbocycles. The summed E-state index contributed by atoms with van der Waals surface area (Å²) in [5.41, 5.74) is 1.08. The number of amides is 1. The van der Waals surface area contributed by atoms with Gasteiger partial charge in [0.2, 0.25) is 5.91 Å². The van der Waals surface area contributed by atoms with Crippen molar-refractivity contribution in [3.63, 3.8) is 0 Å². The van der Waals surface area contributed by atoms with Gasteiger partial charge in [0.1, 0.15) is 29.7 Å². The summed E-state index contributed by atoms with van der Waals surface area (Å²) in [6.07, 6.45) is -3.46. The number of rotatable bonds is 17. The number of halogens is 5. The molecular formula is C35H41Cl2F3N3O14P. The van der Waals surface area contributed by atoms with Gasteiger partial charge in [-0.05, 0) is 55.2 Å². The number of alkyl halides is 4. The summed E-state index contributed by atoms with van der Waals surface area (Å²) < 4.78 is 68.0. The number of para-hydroxylation sites is 1. The molecule has 4 N–H and O–H groups in total. The number of hydrogen-bond acceptors (Lipinski definition) is 12. The number of carboxylic acid groups (broad SMARTS) is 1. The van der Waals surface area contributed by atoms with Crippen molar-refractivity contribution in [3.05, 3.63) is 92.0 Å². The van der Waals surface area contributed by atoms with Crippen LogP contribution in [0, 0.1) is 10.1 Å². The molecule has 0 radical (unpaired) electrons. The normalized spacial score (nSPS) is 10.9. The average Bonchev–Trinajstić information content (AvgIpc) is 3.15. The Kier molecular flexibility index (Phi) is 21.9. The second-order valence-corrected chi connectivity index (χ2v) is 13.5. The first-order valence-electron chi connectivity index (χ1n) is 16.7. The summed E-state index contributed by atoms with van der Waals surface area (Å²) in [6.45, 7) is 4.77. The third-order valence-electron chi connectivity index (χ3n) is 7.00. The second kappa shape index (κ2) is 24.8. The predicted octanol–water partition coefficient (Wildman–Crippen LogP) is 6.56. The average molecular weight is 887 g/mol. The Bertz CT molecular complexity index is 1910. The van der Waals surface area contributed by atoms with E-state index in [1.807, 2.05) is 18.2 Å². The Morgan fingerprint density at radius 1 is 0.983 bits per heavy atom. The highest BCUT2D eigenvalue weighted by molar-refractivity contribution is 7.51. The van der Waals surface area contributed by atoms with Crippen molar-refractivity contribution < 1.29 is 75.7 Å². The fourth-order valence-corrected chi connectivity index (χ4v) is 5.29. The summed E-state index contributed by atoms with van der Waals surface area (Å²) in [7, 11) is -2.52. The van der Waals surface area contributed by atoms with E-state index in [2.05, 4.69) is 23.9 Å². The molecule has 3 aromatic rings. The number of esters is 2. The molecule has 1 amide bonds. The highest BCUT2D eigenvalue weighted by atomic mass is 35.5. The van der Waals surface area contributed by atoms with Crippen molar-refractivity contribution in [3.8, 4) is 11.5 Å². The first-order valence-corrected chi connectivity index (χ1v) is 19.4. The number of nitro benzene ring substituents is 1. The van der Waals surface area contributed by atoms with Gasteiger partial charge in [0.15, 0.2) is 6.61 Å². The number of carboxylic acids is 1. The summed E-state index contributed by atoms with van der Waals surface area (Å²) in [6, 6.07) is 11.5. The molecule has 0 fully saturated rings. The molecule has 58 heavy (non-hydrogen) atoms. The zero-order valence-electron chi connectivity index (χ0n) is 31.4. The van der Waals surface area contributed by atoms with Crippen molar-refractivity contribution in [2.45, 2.75) is 39.8 Å². The number of nitro groups is 1. The van der Waals surface area contributed by atoms with Crippen LogP contribution >= 0.6 is 30.8 Å². The number of carbonyl (C=O) groups is 4. The van der Waals surface area contributed by atoms with Crippen LogP contribution in [0.4, 0.5) is 24.5 Å². The number of aryl methyl sites for hydroxylation is 2. The zero-order valence-corrected chi connectivity index (χ0v) is 33.8. The van der Waals surface area contributed by atoms with Gasteiger partial charge in [0.25, 0.3) is 5.69 Å². The Labute approximate surface area is 340 Å². The molecular weight excluding hydrogens is 845 g/mol. The number of carbonyl (C=O) groups excluding carboxylic acids is 3. The van der Waals surface area contributed by atoms with E-state index in [-0.39, 0.29) is 41.6 Å². The fraction of sp³-hybridized carbons (Fsp3) is 0.371. The number of benzene rings is 3. The Balaban J connectivity index is 0.000000506. The number of hydrogen-bond donors (Lipinski definition) is 4. The quantitative estimate of drug-likeness (QED) is 0.0280. The minimum atomic E-state index is -4.61. The summed E-state index contributed by atoms with van der Waals surface area (Å²) >= 11 is 11.5. The fourth-order valence-electron chi connectivity index (χ4n) is 4.53. The van der Waals surface area contributed by atoms with E-state index in [0.29, 0.717) is 6.07 Å². The number of aliphatic carboxylic acids is 1. The predicted molar refractivity (Wildman–Crippen MR) is 204 cm³/mol. The molecule has 17 nitrogen and oxygen atoms in total. The van der Waals surface area contributed by atoms with Crippen molar-refractivity contribution in [1.82, 2.24) is 5.32 Å². The van der Waals surface area contributed by atoms with Crippen LogP contribution in [0.1, 0.15) is 47.8 Å². The van der Waals surface area contributed by atoms with Crippen LogP contribution in [-0.2, 0) is 52.2 Å². The van der Waals surface area contributed by atoms with Gasteiger partial charge in [0, 0.05) is 19.2 Å². The van der Waals surface area contributed by atoms with Crippen molar-refractivity contribution in [1.29, 1.82) is 0 Å². The second-order valence-electron chi connectivity index (χ2n) is 11.2. The lowest BCUT2D eigenvalue weighted by molar-refractivity contribution is -0.385. The maximum atomic E-state index is 12.7. The van der Waals surface area contributed by atoms with Crippen LogP contribution in [0.2, 0.25) is 5.02 Å². The third kappa shape index (κ3) is 17.8. The van der Waals surface area contributed by atoms with Crippen molar-refractivity contribution >= 4 is 66.0 Å². The highest BCUT2D eigenvalue weighted by Gasteiger charge is 2.31. The molecule has 23 heteroatoms. The molecule has 0 aliphatic carbocycles. The van der Waals surface area contributed by atoms with E-state index in [4.69, 9.17) is 52.3 Å². The molecule has 0 heterocycles. The number of methoxy groups -OCH3 is 1. The van der Waals surface area contributed by atoms with E-state index in [1.165, 1.54) is 6.92 Å². The number of nitrogens with zero attached hydrogens (tertiary/aromatic N) is 2. The van der Waals surface area contributed by atoms with E-state index >= 15 is 0 Å². The number of nitrogens with one attached hydrogen (secondary N) is 1. The summed E-state index contributed by atoms with van der Waals surface area (Å²) in [4.78, 5) is 73.5. The van der Waals surface area contributed by atoms with Crippen LogP contribution < -0.4 is 15.0 Å². The SMILES string of the molecule is CCOC(=O)COC(=O)c1cc(Oc2ccc(C(F)(F)F)cc2Cl)ccc1[N+](=O)[O-].CCc1cccc(CC)c1N(COC)C(=O)CCl.O=C(O)CNCP(=O)(O)O. The molecule has 320 valence electrons. The largest absolute Gasteiger partial charge is 0.480 e. The van der Waals surface area contributed by atoms with E-state index in [1.54, 1.807) is 12.0 Å². The zero-order chi connectivity index (χ0) is 44.2. The van der Waals surface area contributed by atoms with E-state index in [9.17, 15) is 47.0 Å². The Hall–Kier alpha value is -4.82. The van der Waals surface area contributed by atoms with Crippen LogP contribution in [0.3, 0.4) is 0 Å². The van der Waals surface area contributed by atoms with Crippen LogP contribution in [0.25, 0.3) is 0 Å². The van der Waals surface area contributed by atoms with Gasteiger partial charge >= 0.3 is 31.7 Å². The maximum absolute atomic E-state index is 12.7. The monoisotopic (exact) mass is 885 g/mol. The summed E-state index contributed by atoms with van der Waals surface area (Å²) in [5.74, 6) is -3.67. The maximum Gasteiger partial charge on any atom is 0.416 e. The van der Waals surface area contributed by atoms with Crippen LogP contribution in [-0.4, -0.2) is 89.4 Å². The standard InChI is InChI=1S/C18H13ClF3NO7.C14H20ClNO2.C3H8NO5P/c1-2-28-16(24)9-29-17(25)12-8-11(4-5-14(12)23(26)27)30-15-6-3-10(7-13(15)19)18(20,21)22;1-4-11-7-6-8-12(5-2)14(11)16(10-18-3)13(17)9-15;5-3(6)1-4-2-10(7,8)9/h3-8H,2,9H2,1H3;6-8H,4-5,9-10H2,1-3H3;4H,1-2H2,(H,5,6)(H2,7,8,9). The highest BCUT2D eigenvalue weighted by Crippen LogP contribution is 2.37. The number of ether oxygens (including phenoxy) is 4. The molecule has 0 aliphatic heterocycles. The molecule has 0 spiro atoms. The Morgan fingerprint density at radius 2 is 1.60 bits per heavy atom. The van der Waals surface area contributed by atoms with Crippen molar-refractivity contribution in [2.24, 2.45) is 0 Å². The molecule has 0 bridgehead atoms. The van der Waals surface area contributed by atoms with Gasteiger partial charge in [-0.25, -0.2) is 9.59 Å². The molecule has 3 rings (SSSR count). The third-order valence-corrected chi connectivity index (χ3v) is 8.16. The first kappa shape index (κ1) is 51.2. The van der Waals surface area contributed by atoms with Crippen LogP contribution in [0.5, 0.6) is 11.5 Å². The summed E-state index contributed by atoms with van der Waals surface area (Å²) in [5, 5.41) is 20.9. The van der Waals surface area contributed by atoms with Crippen molar-refractivity contribution in [2.75, 3.05) is 50.7 Å². The Morgan fingerprint density at radius 3 is 2.07 bits per heavy atom. The topological polar surface area (TPSA) is 241 Å². The number of anilines is 1. The van der Waals surface area contributed by atoms with Gasteiger partial charge in [-0.1, -0.05) is 43.6 Å². The van der Waals surface area contributed by atoms with E-state index in [0.717, 1.165) is 60.0 Å². The van der Waals surface area contributed by atoms with Gasteiger partial charge in [-0.2, -0.15) is 13.2 Å². The first-order chi connectivity index (χ1) is 27.1. The smallest absolute Gasteiger partial charge is 0.416 e. The minimum absolute atomic E-state index is 0.0371. The molecule has 0 atom stereocenters. The molecule has 0 aliphatic rings. The van der Waals surface area contributed by atoms with Gasteiger partial charge < -0.3 is 33.8 Å². The minimum Gasteiger partial charge on any atom is -0.480 e. The lowest BCUT2D eigenvalue weighted by atomic mass is 10.0. The lowest BCUT2D eigenvalue weighted by Crippen LogP contribution is -2.35. The molecule has 3 aromatic carbocycles. The molecule has 0 aromatic heterocycles. The lowest BCUT2D eigenvalue weighted by Gasteiger charge is -2.26.